The van der Waals surface area contributed by atoms with E-state index in [1.54, 1.807) is 11.3 Å². The van der Waals surface area contributed by atoms with Crippen LogP contribution in [-0.2, 0) is 9.47 Å². The van der Waals surface area contributed by atoms with Crippen LogP contribution in [0, 0.1) is 0 Å². The summed E-state index contributed by atoms with van der Waals surface area (Å²) >= 11 is 1.69. The van der Waals surface area contributed by atoms with Gasteiger partial charge in [0.2, 0.25) is 0 Å². The number of hydrogen-bond donors (Lipinski definition) is 1. The van der Waals surface area contributed by atoms with Crippen molar-refractivity contribution in [1.82, 2.24) is 4.98 Å². The molecule has 0 radical (unpaired) electrons. The highest BCUT2D eigenvalue weighted by molar-refractivity contribution is 7.16. The molecule has 2 fully saturated rings. The fourth-order valence-corrected chi connectivity index (χ4v) is 3.88. The molecule has 1 saturated carbocycles. The van der Waals surface area contributed by atoms with Crippen molar-refractivity contribution in [2.45, 2.75) is 37.5 Å². The van der Waals surface area contributed by atoms with Crippen LogP contribution in [-0.4, -0.2) is 30.0 Å². The molecule has 1 aliphatic heterocycles. The maximum Gasteiger partial charge on any atom is 0.168 e. The Morgan fingerprint density at radius 2 is 2.00 bits per heavy atom. The molecule has 2 aliphatic rings. The number of thiazole rings is 1. The van der Waals surface area contributed by atoms with E-state index in [2.05, 4.69) is 28.5 Å². The van der Waals surface area contributed by atoms with Gasteiger partial charge >= 0.3 is 0 Å². The third-order valence-corrected chi connectivity index (χ3v) is 5.05. The van der Waals surface area contributed by atoms with E-state index in [0.717, 1.165) is 44.4 Å². The number of fused-ring (bicyclic) bond motifs is 1. The molecule has 0 amide bonds. The summed E-state index contributed by atoms with van der Waals surface area (Å²) in [5.74, 6) is -0.264. The minimum atomic E-state index is -0.264. The monoisotopic (exact) mass is 290 g/mol. The SMILES string of the molecule is c1nc2ccc(NC3CCC4(CC3)OCCO4)cc2s1. The summed E-state index contributed by atoms with van der Waals surface area (Å²) in [5.41, 5.74) is 4.17. The first kappa shape index (κ1) is 12.6. The summed E-state index contributed by atoms with van der Waals surface area (Å²) in [6.07, 6.45) is 4.18. The van der Waals surface area contributed by atoms with Crippen molar-refractivity contribution in [3.63, 3.8) is 0 Å². The number of hydrogen-bond acceptors (Lipinski definition) is 5. The Balaban J connectivity index is 1.42. The molecule has 106 valence electrons. The maximum atomic E-state index is 5.77. The lowest BCUT2D eigenvalue weighted by molar-refractivity contribution is -0.177. The first-order valence-electron chi connectivity index (χ1n) is 7.21. The van der Waals surface area contributed by atoms with Crippen LogP contribution in [0.2, 0.25) is 0 Å². The van der Waals surface area contributed by atoms with Gasteiger partial charge in [0.25, 0.3) is 0 Å². The van der Waals surface area contributed by atoms with E-state index in [0.29, 0.717) is 6.04 Å². The van der Waals surface area contributed by atoms with Gasteiger partial charge in [-0.25, -0.2) is 4.98 Å². The third-order valence-electron chi connectivity index (χ3n) is 4.26. The fourth-order valence-electron chi connectivity index (χ4n) is 3.17. The Morgan fingerprint density at radius 3 is 2.80 bits per heavy atom. The second-order valence-electron chi connectivity index (χ2n) is 5.56. The normalized spacial score (nSPS) is 22.6. The number of nitrogens with one attached hydrogen (secondary N) is 1. The summed E-state index contributed by atoms with van der Waals surface area (Å²) < 4.78 is 12.8. The molecule has 1 saturated heterocycles. The second-order valence-corrected chi connectivity index (χ2v) is 6.45. The van der Waals surface area contributed by atoms with Crippen LogP contribution in [0.1, 0.15) is 25.7 Å². The Hall–Kier alpha value is -1.17. The second kappa shape index (κ2) is 4.98. The van der Waals surface area contributed by atoms with E-state index < -0.39 is 0 Å². The number of anilines is 1. The minimum Gasteiger partial charge on any atom is -0.382 e. The lowest BCUT2D eigenvalue weighted by Gasteiger charge is -2.36. The molecule has 1 N–H and O–H groups in total. The lowest BCUT2D eigenvalue weighted by atomic mass is 9.90. The predicted molar refractivity (Wildman–Crippen MR) is 80.1 cm³/mol. The maximum absolute atomic E-state index is 5.77. The lowest BCUT2D eigenvalue weighted by Crippen LogP contribution is -2.39. The van der Waals surface area contributed by atoms with E-state index >= 15 is 0 Å². The highest BCUT2D eigenvalue weighted by atomic mass is 32.1. The van der Waals surface area contributed by atoms with Gasteiger partial charge in [0, 0.05) is 24.6 Å². The number of rotatable bonds is 2. The molecule has 20 heavy (non-hydrogen) atoms. The van der Waals surface area contributed by atoms with E-state index in [-0.39, 0.29) is 5.79 Å². The summed E-state index contributed by atoms with van der Waals surface area (Å²) in [6.45, 7) is 1.50. The van der Waals surface area contributed by atoms with E-state index in [9.17, 15) is 0 Å². The minimum absolute atomic E-state index is 0.264. The molecule has 4 nitrogen and oxygen atoms in total. The van der Waals surface area contributed by atoms with Crippen molar-refractivity contribution in [2.24, 2.45) is 0 Å². The molecule has 1 aromatic heterocycles. The van der Waals surface area contributed by atoms with E-state index in [1.807, 2.05) is 5.51 Å². The Kier molecular flexibility index (Phi) is 3.13. The summed E-state index contributed by atoms with van der Waals surface area (Å²) in [6, 6.07) is 6.91. The van der Waals surface area contributed by atoms with Gasteiger partial charge in [-0.3, -0.25) is 0 Å². The van der Waals surface area contributed by atoms with Crippen LogP contribution in [0.25, 0.3) is 10.2 Å². The van der Waals surface area contributed by atoms with Gasteiger partial charge in [-0.15, -0.1) is 11.3 Å². The highest BCUT2D eigenvalue weighted by Gasteiger charge is 2.40. The number of benzene rings is 1. The first-order valence-corrected chi connectivity index (χ1v) is 8.09. The zero-order chi connectivity index (χ0) is 13.4. The molecule has 1 spiro atoms. The quantitative estimate of drug-likeness (QED) is 0.920. The average molecular weight is 290 g/mol. The van der Waals surface area contributed by atoms with Crippen LogP contribution in [0.4, 0.5) is 5.69 Å². The van der Waals surface area contributed by atoms with Crippen molar-refractivity contribution in [1.29, 1.82) is 0 Å². The molecule has 2 heterocycles. The molecule has 2 aromatic rings. The van der Waals surface area contributed by atoms with Crippen LogP contribution in [0.3, 0.4) is 0 Å². The van der Waals surface area contributed by atoms with Gasteiger partial charge in [-0.1, -0.05) is 0 Å². The van der Waals surface area contributed by atoms with Gasteiger partial charge in [0.15, 0.2) is 5.79 Å². The van der Waals surface area contributed by atoms with Crippen LogP contribution < -0.4 is 5.32 Å². The molecule has 0 atom stereocenters. The van der Waals surface area contributed by atoms with Crippen LogP contribution >= 0.6 is 11.3 Å². The smallest absolute Gasteiger partial charge is 0.168 e. The van der Waals surface area contributed by atoms with Crippen molar-refractivity contribution in [3.8, 4) is 0 Å². The standard InChI is InChI=1S/C15H18N2O2S/c1-2-13-14(20-10-16-13)9-12(1)17-11-3-5-15(6-4-11)18-7-8-19-15/h1-2,9-11,17H,3-8H2. The molecule has 5 heteroatoms. The molecular formula is C15H18N2O2S. The third kappa shape index (κ3) is 2.30. The molecular weight excluding hydrogens is 272 g/mol. The van der Waals surface area contributed by atoms with Crippen molar-refractivity contribution in [2.75, 3.05) is 18.5 Å². The molecule has 1 aliphatic carbocycles. The van der Waals surface area contributed by atoms with Gasteiger partial charge in [-0.05, 0) is 31.0 Å². The molecule has 0 unspecified atom stereocenters. The molecule has 4 rings (SSSR count). The summed E-state index contributed by atoms with van der Waals surface area (Å²) in [7, 11) is 0. The largest absolute Gasteiger partial charge is 0.382 e. The molecule has 0 bridgehead atoms. The zero-order valence-corrected chi connectivity index (χ0v) is 12.1. The Labute approximate surface area is 122 Å². The number of ether oxygens (including phenoxy) is 2. The van der Waals surface area contributed by atoms with Crippen LogP contribution in [0.5, 0.6) is 0 Å². The average Bonchev–Trinajstić information content (AvgIpc) is 3.11. The topological polar surface area (TPSA) is 43.4 Å². The van der Waals surface area contributed by atoms with Gasteiger partial charge in [-0.2, -0.15) is 0 Å². The van der Waals surface area contributed by atoms with Gasteiger partial charge < -0.3 is 14.8 Å². The Bertz CT molecular complexity index is 597. The zero-order valence-electron chi connectivity index (χ0n) is 11.3. The first-order chi connectivity index (χ1) is 9.83. The van der Waals surface area contributed by atoms with E-state index in [4.69, 9.17) is 9.47 Å². The fraction of sp³-hybridized carbons (Fsp3) is 0.533. The molecule has 1 aromatic carbocycles. The van der Waals surface area contributed by atoms with Gasteiger partial charge in [0.1, 0.15) is 0 Å². The predicted octanol–water partition coefficient (Wildman–Crippen LogP) is 3.39. The van der Waals surface area contributed by atoms with Crippen molar-refractivity contribution in [3.05, 3.63) is 23.7 Å². The number of aromatic nitrogens is 1. The number of nitrogens with zero attached hydrogens (tertiary/aromatic N) is 1. The van der Waals surface area contributed by atoms with Crippen molar-refractivity contribution >= 4 is 27.2 Å². The van der Waals surface area contributed by atoms with Crippen molar-refractivity contribution < 1.29 is 9.47 Å². The Morgan fingerprint density at radius 1 is 1.20 bits per heavy atom. The van der Waals surface area contributed by atoms with E-state index in [1.165, 1.54) is 10.4 Å². The van der Waals surface area contributed by atoms with Gasteiger partial charge in [0.05, 0.1) is 28.9 Å². The highest BCUT2D eigenvalue weighted by Crippen LogP contribution is 2.36. The van der Waals surface area contributed by atoms with Crippen LogP contribution in [0.15, 0.2) is 23.7 Å². The summed E-state index contributed by atoms with van der Waals surface area (Å²) in [4.78, 5) is 4.31. The summed E-state index contributed by atoms with van der Waals surface area (Å²) in [5, 5.41) is 3.64.